The molecule has 0 aromatic carbocycles. The van der Waals surface area contributed by atoms with E-state index in [1.807, 2.05) is 0 Å². The maximum atomic E-state index is 10.4. The summed E-state index contributed by atoms with van der Waals surface area (Å²) in [4.78, 5) is 10.4. The maximum Gasteiger partial charge on any atom is 0.302 e. The zero-order valence-corrected chi connectivity index (χ0v) is 6.90. The molecule has 0 aliphatic carbocycles. The van der Waals surface area contributed by atoms with Crippen LogP contribution in [0.2, 0.25) is 0 Å². The van der Waals surface area contributed by atoms with Crippen molar-refractivity contribution in [1.82, 2.24) is 0 Å². The normalized spacial score (nSPS) is 29.8. The second kappa shape index (κ2) is 4.42. The predicted octanol–water partition coefficient (Wildman–Crippen LogP) is 0.0654. The van der Waals surface area contributed by atoms with E-state index in [2.05, 4.69) is 4.74 Å². The molecule has 0 saturated carbocycles. The quantitative estimate of drug-likeness (QED) is 0.599. The third-order valence-electron chi connectivity index (χ3n) is 1.58. The molecule has 1 aliphatic rings. The third kappa shape index (κ3) is 2.79. The summed E-state index contributed by atoms with van der Waals surface area (Å²) in [7, 11) is 0. The van der Waals surface area contributed by atoms with Crippen LogP contribution in [0.1, 0.15) is 13.3 Å². The van der Waals surface area contributed by atoms with E-state index in [-0.39, 0.29) is 12.6 Å². The van der Waals surface area contributed by atoms with Crippen molar-refractivity contribution in [2.45, 2.75) is 25.6 Å². The van der Waals surface area contributed by atoms with Crippen molar-refractivity contribution in [2.24, 2.45) is 0 Å². The standard InChI is InChI=1S/C8H12O4/c1-6(9)12-5-8-7(10)3-2-4-11-8/h3-4,7-8,10H,2,5H2,1H3/t7-,8+/m0/s1. The molecule has 2 radical (unpaired) electrons. The number of aliphatic hydroxyl groups is 1. The van der Waals surface area contributed by atoms with Crippen molar-refractivity contribution in [3.05, 3.63) is 13.0 Å². The SMILES string of the molecule is CC(=O)OC[C@H]1O[CH]C[CH][C@@H]1O. The molecule has 0 spiro atoms. The Morgan fingerprint density at radius 1 is 1.83 bits per heavy atom. The Morgan fingerprint density at radius 3 is 3.17 bits per heavy atom. The van der Waals surface area contributed by atoms with Gasteiger partial charge in [0.1, 0.15) is 12.7 Å². The van der Waals surface area contributed by atoms with Gasteiger partial charge in [-0.05, 0) is 12.8 Å². The molecule has 1 saturated heterocycles. The van der Waals surface area contributed by atoms with Gasteiger partial charge in [0.05, 0.1) is 12.7 Å². The lowest BCUT2D eigenvalue weighted by Gasteiger charge is -2.26. The Kier molecular flexibility index (Phi) is 3.49. The van der Waals surface area contributed by atoms with E-state index < -0.39 is 12.2 Å². The van der Waals surface area contributed by atoms with E-state index in [9.17, 15) is 9.90 Å². The van der Waals surface area contributed by atoms with Gasteiger partial charge < -0.3 is 14.6 Å². The molecule has 0 aromatic rings. The topological polar surface area (TPSA) is 55.8 Å². The molecule has 1 fully saturated rings. The van der Waals surface area contributed by atoms with E-state index in [1.165, 1.54) is 6.92 Å². The predicted molar refractivity (Wildman–Crippen MR) is 40.7 cm³/mol. The second-order valence-electron chi connectivity index (χ2n) is 2.61. The van der Waals surface area contributed by atoms with Crippen molar-refractivity contribution in [3.8, 4) is 0 Å². The minimum absolute atomic E-state index is 0.101. The van der Waals surface area contributed by atoms with Crippen molar-refractivity contribution in [3.63, 3.8) is 0 Å². The van der Waals surface area contributed by atoms with Gasteiger partial charge in [-0.25, -0.2) is 0 Å². The molecule has 4 nitrogen and oxygen atoms in total. The fourth-order valence-corrected chi connectivity index (χ4v) is 0.944. The Bertz CT molecular complexity index is 157. The van der Waals surface area contributed by atoms with Crippen molar-refractivity contribution < 1.29 is 19.4 Å². The molecule has 1 aliphatic heterocycles. The van der Waals surface area contributed by atoms with Crippen LogP contribution in [0.25, 0.3) is 0 Å². The number of ether oxygens (including phenoxy) is 2. The molecule has 4 heteroatoms. The van der Waals surface area contributed by atoms with E-state index in [0.717, 1.165) is 0 Å². The number of aliphatic hydroxyl groups excluding tert-OH is 1. The number of esters is 1. The van der Waals surface area contributed by atoms with Gasteiger partial charge in [0.2, 0.25) is 0 Å². The first-order chi connectivity index (χ1) is 5.70. The highest BCUT2D eigenvalue weighted by Crippen LogP contribution is 2.15. The molecular weight excluding hydrogens is 160 g/mol. The lowest BCUT2D eigenvalue weighted by molar-refractivity contribution is -0.147. The van der Waals surface area contributed by atoms with Gasteiger partial charge in [0, 0.05) is 6.92 Å². The number of rotatable bonds is 2. The smallest absolute Gasteiger partial charge is 0.302 e. The average Bonchev–Trinajstić information content (AvgIpc) is 2.03. The van der Waals surface area contributed by atoms with Crippen LogP contribution in [0.15, 0.2) is 0 Å². The van der Waals surface area contributed by atoms with E-state index >= 15 is 0 Å². The number of hydrogen-bond acceptors (Lipinski definition) is 4. The lowest BCUT2D eigenvalue weighted by atomic mass is 10.1. The Balaban J connectivity index is 2.24. The Hall–Kier alpha value is -0.610. The summed E-state index contributed by atoms with van der Waals surface area (Å²) in [6, 6.07) is 0. The first-order valence-electron chi connectivity index (χ1n) is 3.82. The number of carbonyl (C=O) groups excluding carboxylic acids is 1. The van der Waals surface area contributed by atoms with Crippen LogP contribution in [0, 0.1) is 13.0 Å². The van der Waals surface area contributed by atoms with Gasteiger partial charge >= 0.3 is 5.97 Å². The highest BCUT2D eigenvalue weighted by atomic mass is 16.6. The monoisotopic (exact) mass is 172 g/mol. The Morgan fingerprint density at radius 2 is 2.58 bits per heavy atom. The van der Waals surface area contributed by atoms with E-state index in [0.29, 0.717) is 6.42 Å². The molecule has 1 heterocycles. The molecule has 0 unspecified atom stereocenters. The molecule has 1 rings (SSSR count). The summed E-state index contributed by atoms with van der Waals surface area (Å²) in [5.74, 6) is -0.364. The van der Waals surface area contributed by atoms with Gasteiger partial charge in [-0.15, -0.1) is 0 Å². The van der Waals surface area contributed by atoms with E-state index in [1.54, 1.807) is 13.0 Å². The maximum absolute atomic E-state index is 10.4. The van der Waals surface area contributed by atoms with Crippen molar-refractivity contribution in [1.29, 1.82) is 0 Å². The highest BCUT2D eigenvalue weighted by Gasteiger charge is 2.25. The summed E-state index contributed by atoms with van der Waals surface area (Å²) in [5, 5.41) is 9.29. The van der Waals surface area contributed by atoms with Crippen molar-refractivity contribution in [2.75, 3.05) is 6.61 Å². The van der Waals surface area contributed by atoms with Crippen LogP contribution in [-0.4, -0.2) is 29.9 Å². The Labute approximate surface area is 71.5 Å². The minimum atomic E-state index is -0.644. The summed E-state index contributed by atoms with van der Waals surface area (Å²) < 4.78 is 9.74. The summed E-state index contributed by atoms with van der Waals surface area (Å²) in [5.41, 5.74) is 0. The molecule has 68 valence electrons. The van der Waals surface area contributed by atoms with Gasteiger partial charge in [-0.2, -0.15) is 0 Å². The van der Waals surface area contributed by atoms with Crippen LogP contribution < -0.4 is 0 Å². The molecule has 0 aromatic heterocycles. The van der Waals surface area contributed by atoms with Gasteiger partial charge in [0.15, 0.2) is 0 Å². The molecular formula is C8H12O4. The van der Waals surface area contributed by atoms with E-state index in [4.69, 9.17) is 4.74 Å². The first kappa shape index (κ1) is 9.48. The second-order valence-corrected chi connectivity index (χ2v) is 2.61. The fraction of sp³-hybridized carbons (Fsp3) is 0.625. The summed E-state index contributed by atoms with van der Waals surface area (Å²) >= 11 is 0. The molecule has 12 heavy (non-hydrogen) atoms. The van der Waals surface area contributed by atoms with Crippen LogP contribution >= 0.6 is 0 Å². The molecule has 2 atom stereocenters. The average molecular weight is 172 g/mol. The number of hydrogen-bond donors (Lipinski definition) is 1. The van der Waals surface area contributed by atoms with Gasteiger partial charge in [-0.3, -0.25) is 4.79 Å². The van der Waals surface area contributed by atoms with Crippen LogP contribution in [0.4, 0.5) is 0 Å². The molecule has 0 amide bonds. The van der Waals surface area contributed by atoms with Gasteiger partial charge in [0.25, 0.3) is 0 Å². The molecule has 0 bridgehead atoms. The fourth-order valence-electron chi connectivity index (χ4n) is 0.944. The molecule has 1 N–H and O–H groups in total. The van der Waals surface area contributed by atoms with Crippen LogP contribution in [0.3, 0.4) is 0 Å². The lowest BCUT2D eigenvalue weighted by Crippen LogP contribution is -2.36. The first-order valence-corrected chi connectivity index (χ1v) is 3.82. The summed E-state index contributed by atoms with van der Waals surface area (Å²) in [6.45, 7) is 3.01. The largest absolute Gasteiger partial charge is 0.463 e. The van der Waals surface area contributed by atoms with Crippen molar-refractivity contribution >= 4 is 5.97 Å². The summed E-state index contributed by atoms with van der Waals surface area (Å²) in [6.07, 6.45) is 1.24. The highest BCUT2D eigenvalue weighted by molar-refractivity contribution is 5.65. The van der Waals surface area contributed by atoms with Gasteiger partial charge in [-0.1, -0.05) is 0 Å². The minimum Gasteiger partial charge on any atom is -0.463 e. The van der Waals surface area contributed by atoms with Crippen LogP contribution in [0.5, 0.6) is 0 Å². The number of carbonyl (C=O) groups is 1. The third-order valence-corrected chi connectivity index (χ3v) is 1.58. The zero-order chi connectivity index (χ0) is 8.97. The van der Waals surface area contributed by atoms with Crippen LogP contribution in [-0.2, 0) is 14.3 Å². The zero-order valence-electron chi connectivity index (χ0n) is 6.90.